The van der Waals surface area contributed by atoms with Crippen molar-refractivity contribution in [1.29, 1.82) is 0 Å². The maximum atomic E-state index is 12.3. The molecule has 0 fully saturated rings. The number of H-pyrrole nitrogens is 1. The number of aromatic nitrogens is 2. The van der Waals surface area contributed by atoms with E-state index in [2.05, 4.69) is 10.3 Å². The Morgan fingerprint density at radius 1 is 0.921 bits per heavy atom. The quantitative estimate of drug-likeness (QED) is 0.326. The molecule has 1 atom stereocenters. The molecular weight excluding hydrogens is 486 g/mol. The number of ether oxygens (including phenoxy) is 3. The van der Waals surface area contributed by atoms with Gasteiger partial charge in [-0.1, -0.05) is 36.4 Å². The van der Waals surface area contributed by atoms with Gasteiger partial charge < -0.3 is 24.5 Å². The number of carbonyl (C=O) groups excluding carboxylic acids is 2. The maximum Gasteiger partial charge on any atom is 0.408 e. The second-order valence-electron chi connectivity index (χ2n) is 9.85. The molecule has 4 rings (SSSR count). The van der Waals surface area contributed by atoms with Crippen LogP contribution in [0.5, 0.6) is 11.5 Å². The van der Waals surface area contributed by atoms with E-state index in [9.17, 15) is 14.4 Å². The van der Waals surface area contributed by atoms with Crippen molar-refractivity contribution in [2.45, 2.75) is 45.4 Å². The van der Waals surface area contributed by atoms with Crippen LogP contribution in [-0.2, 0) is 27.2 Å². The molecule has 3 aromatic carbocycles. The molecule has 1 unspecified atom stereocenters. The van der Waals surface area contributed by atoms with E-state index in [-0.39, 0.29) is 12.1 Å². The van der Waals surface area contributed by atoms with Crippen molar-refractivity contribution in [1.82, 2.24) is 14.9 Å². The van der Waals surface area contributed by atoms with Crippen LogP contribution < -0.4 is 15.7 Å². The molecule has 1 aromatic heterocycles. The number of aromatic amines is 1. The zero-order valence-corrected chi connectivity index (χ0v) is 21.8. The van der Waals surface area contributed by atoms with Crippen molar-refractivity contribution in [2.24, 2.45) is 0 Å². The van der Waals surface area contributed by atoms with E-state index in [0.717, 1.165) is 22.2 Å². The number of nitrogens with zero attached hydrogens (tertiary/aromatic N) is 1. The van der Waals surface area contributed by atoms with Crippen LogP contribution in [0, 0.1) is 0 Å². The fraction of sp³-hybridized carbons (Fsp3) is 0.276. The second kappa shape index (κ2) is 11.2. The fourth-order valence-electron chi connectivity index (χ4n) is 3.96. The number of nitrogens with one attached hydrogen (secondary N) is 2. The molecule has 1 amide bonds. The van der Waals surface area contributed by atoms with E-state index in [1.54, 1.807) is 37.5 Å². The second-order valence-corrected chi connectivity index (χ2v) is 9.85. The Hall–Kier alpha value is -4.53. The molecule has 4 aromatic rings. The molecule has 0 aliphatic carbocycles. The number of rotatable bonds is 8. The van der Waals surface area contributed by atoms with Crippen LogP contribution in [0.2, 0.25) is 0 Å². The van der Waals surface area contributed by atoms with E-state index >= 15 is 0 Å². The van der Waals surface area contributed by atoms with Crippen LogP contribution in [0.4, 0.5) is 4.79 Å². The topological polar surface area (TPSA) is 112 Å². The van der Waals surface area contributed by atoms with Crippen LogP contribution in [-0.4, -0.2) is 40.4 Å². The van der Waals surface area contributed by atoms with Gasteiger partial charge in [-0.2, -0.15) is 0 Å². The first-order chi connectivity index (χ1) is 18.1. The zero-order chi connectivity index (χ0) is 27.3. The number of esters is 1. The van der Waals surface area contributed by atoms with Crippen molar-refractivity contribution in [3.05, 3.63) is 94.4 Å². The third-order valence-corrected chi connectivity index (χ3v) is 5.72. The average Bonchev–Trinajstić information content (AvgIpc) is 3.19. The number of alkyl carbamates (subject to hydrolysis) is 1. The summed E-state index contributed by atoms with van der Waals surface area (Å²) < 4.78 is 17.7. The first-order valence-corrected chi connectivity index (χ1v) is 12.2. The van der Waals surface area contributed by atoms with Gasteiger partial charge in [-0.3, -0.25) is 4.57 Å². The zero-order valence-electron chi connectivity index (χ0n) is 21.8. The third-order valence-electron chi connectivity index (χ3n) is 5.72. The van der Waals surface area contributed by atoms with Gasteiger partial charge in [0.15, 0.2) is 0 Å². The van der Waals surface area contributed by atoms with Crippen molar-refractivity contribution in [2.75, 3.05) is 7.11 Å². The Morgan fingerprint density at radius 3 is 2.13 bits per heavy atom. The van der Waals surface area contributed by atoms with Gasteiger partial charge in [-0.25, -0.2) is 14.4 Å². The Kier molecular flexibility index (Phi) is 7.85. The Balaban J connectivity index is 1.38. The number of hydrogen-bond donors (Lipinski definition) is 2. The largest absolute Gasteiger partial charge is 0.467 e. The summed E-state index contributed by atoms with van der Waals surface area (Å²) >= 11 is 0. The predicted molar refractivity (Wildman–Crippen MR) is 143 cm³/mol. The lowest BCUT2D eigenvalue weighted by atomic mass is 10.1. The number of methoxy groups -OCH3 is 1. The molecule has 0 radical (unpaired) electrons. The van der Waals surface area contributed by atoms with Gasteiger partial charge >= 0.3 is 17.8 Å². The van der Waals surface area contributed by atoms with Crippen LogP contribution >= 0.6 is 0 Å². The smallest absolute Gasteiger partial charge is 0.408 e. The van der Waals surface area contributed by atoms with Gasteiger partial charge in [-0.15, -0.1) is 0 Å². The minimum Gasteiger partial charge on any atom is -0.467 e. The van der Waals surface area contributed by atoms with Crippen LogP contribution in [0.1, 0.15) is 31.9 Å². The molecule has 0 spiro atoms. The van der Waals surface area contributed by atoms with Crippen molar-refractivity contribution in [3.8, 4) is 11.5 Å². The lowest BCUT2D eigenvalue weighted by Gasteiger charge is -2.22. The first kappa shape index (κ1) is 26.5. The highest BCUT2D eigenvalue weighted by atomic mass is 16.6. The number of hydrogen-bond acceptors (Lipinski definition) is 6. The van der Waals surface area contributed by atoms with Gasteiger partial charge in [0.2, 0.25) is 0 Å². The number of amides is 1. The SMILES string of the molecule is COC(=O)C(Cc1ccc(Oc2ccc(Cn3c(=O)[nH]c4ccccc43)cc2)cc1)NC(=O)OC(C)(C)C. The van der Waals surface area contributed by atoms with E-state index in [1.165, 1.54) is 7.11 Å². The average molecular weight is 518 g/mol. The summed E-state index contributed by atoms with van der Waals surface area (Å²) in [5.41, 5.74) is 2.60. The Bertz CT molecular complexity index is 1460. The van der Waals surface area contributed by atoms with E-state index in [0.29, 0.717) is 18.0 Å². The molecular formula is C29H31N3O6. The molecule has 38 heavy (non-hydrogen) atoms. The number of imidazole rings is 1. The summed E-state index contributed by atoms with van der Waals surface area (Å²) in [6.45, 7) is 5.68. The molecule has 9 nitrogen and oxygen atoms in total. The summed E-state index contributed by atoms with van der Waals surface area (Å²) in [6, 6.07) is 21.4. The van der Waals surface area contributed by atoms with Gasteiger partial charge in [-0.05, 0) is 68.3 Å². The fourth-order valence-corrected chi connectivity index (χ4v) is 3.96. The lowest BCUT2D eigenvalue weighted by Crippen LogP contribution is -2.45. The minimum atomic E-state index is -0.890. The van der Waals surface area contributed by atoms with Gasteiger partial charge in [0.25, 0.3) is 0 Å². The summed E-state index contributed by atoms with van der Waals surface area (Å²) in [4.78, 5) is 39.5. The Labute approximate surface area is 220 Å². The molecule has 0 aliphatic heterocycles. The third kappa shape index (κ3) is 6.82. The van der Waals surface area contributed by atoms with E-state index in [1.807, 2.05) is 60.7 Å². The van der Waals surface area contributed by atoms with Crippen LogP contribution in [0.3, 0.4) is 0 Å². The summed E-state index contributed by atoms with van der Waals surface area (Å²) in [6.07, 6.45) is -0.459. The van der Waals surface area contributed by atoms with Crippen molar-refractivity contribution < 1.29 is 23.8 Å². The summed E-state index contributed by atoms with van der Waals surface area (Å²) in [5, 5.41) is 2.57. The molecule has 1 heterocycles. The lowest BCUT2D eigenvalue weighted by molar-refractivity contribution is -0.143. The summed E-state index contributed by atoms with van der Waals surface area (Å²) in [5.74, 6) is 0.696. The van der Waals surface area contributed by atoms with E-state index < -0.39 is 23.7 Å². The number of fused-ring (bicyclic) bond motifs is 1. The maximum absolute atomic E-state index is 12.3. The highest BCUT2D eigenvalue weighted by molar-refractivity contribution is 5.81. The molecule has 0 saturated carbocycles. The molecule has 198 valence electrons. The monoisotopic (exact) mass is 517 g/mol. The van der Waals surface area contributed by atoms with Crippen molar-refractivity contribution in [3.63, 3.8) is 0 Å². The number of benzene rings is 3. The normalized spacial score (nSPS) is 12.1. The van der Waals surface area contributed by atoms with Crippen LogP contribution in [0.15, 0.2) is 77.6 Å². The standard InChI is InChI=1S/C29H31N3O6/c1-29(2,3)38-28(35)31-24(26(33)36-4)17-19-9-13-21(14-10-19)37-22-15-11-20(12-16-22)18-32-25-8-6-5-7-23(25)30-27(32)34/h5-16,24H,17-18H2,1-4H3,(H,30,34)(H,31,35). The highest BCUT2D eigenvalue weighted by Gasteiger charge is 2.25. The first-order valence-electron chi connectivity index (χ1n) is 12.2. The molecule has 0 aliphatic rings. The Morgan fingerprint density at radius 2 is 1.53 bits per heavy atom. The number of para-hydroxylation sites is 2. The van der Waals surface area contributed by atoms with Crippen LogP contribution in [0.25, 0.3) is 11.0 Å². The minimum absolute atomic E-state index is 0.151. The van der Waals surface area contributed by atoms with E-state index in [4.69, 9.17) is 14.2 Å². The molecule has 0 bridgehead atoms. The molecule has 0 saturated heterocycles. The van der Waals surface area contributed by atoms with Gasteiger partial charge in [0.05, 0.1) is 24.7 Å². The predicted octanol–water partition coefficient (Wildman–Crippen LogP) is 4.78. The van der Waals surface area contributed by atoms with Crippen molar-refractivity contribution >= 4 is 23.1 Å². The highest BCUT2D eigenvalue weighted by Crippen LogP contribution is 2.23. The molecule has 2 N–H and O–H groups in total. The number of carbonyl (C=O) groups is 2. The molecule has 9 heteroatoms. The van der Waals surface area contributed by atoms with Gasteiger partial charge in [0, 0.05) is 6.42 Å². The van der Waals surface area contributed by atoms with Gasteiger partial charge in [0.1, 0.15) is 23.1 Å². The summed E-state index contributed by atoms with van der Waals surface area (Å²) in [7, 11) is 1.27.